The predicted octanol–water partition coefficient (Wildman–Crippen LogP) is -0.105. The predicted molar refractivity (Wildman–Crippen MR) is 399 cm³/mol. The summed E-state index contributed by atoms with van der Waals surface area (Å²) in [5.74, 6) is -14.9. The summed E-state index contributed by atoms with van der Waals surface area (Å²) in [5.41, 5.74) is 12.8. The Balaban J connectivity index is 1.23. The van der Waals surface area contributed by atoms with Crippen LogP contribution in [0, 0.1) is 17.8 Å². The first-order chi connectivity index (χ1) is 51.5. The maximum atomic E-state index is 14.2. The molecule has 1 aliphatic rings. The van der Waals surface area contributed by atoms with Crippen molar-refractivity contribution in [2.45, 2.75) is 262 Å². The molecule has 109 heavy (non-hydrogen) atoms. The topological polar surface area (TPSA) is 549 Å². The molecule has 1 aromatic heterocycles. The molecule has 3 aromatic rings. The lowest BCUT2D eigenvalue weighted by Gasteiger charge is -2.30. The Morgan fingerprint density at radius 3 is 1.47 bits per heavy atom. The second kappa shape index (κ2) is 46.3. The Morgan fingerprint density at radius 2 is 0.954 bits per heavy atom. The minimum Gasteiger partial charge on any atom is -0.480 e. The van der Waals surface area contributed by atoms with Crippen molar-refractivity contribution in [3.8, 4) is 0 Å². The molecule has 20 N–H and O–H groups in total. The molecule has 0 radical (unpaired) electrons. The quantitative estimate of drug-likeness (QED) is 0.0328. The van der Waals surface area contributed by atoms with Gasteiger partial charge in [0.2, 0.25) is 76.8 Å². The average Bonchev–Trinajstić information content (AvgIpc) is 1.76. The van der Waals surface area contributed by atoms with Crippen molar-refractivity contribution in [1.82, 2.24) is 63.1 Å². The lowest BCUT2D eigenvalue weighted by atomic mass is 9.96. The van der Waals surface area contributed by atoms with E-state index in [-0.39, 0.29) is 82.1 Å². The number of nitrogens with two attached hydrogens (primary N) is 2. The highest BCUT2D eigenvalue weighted by Gasteiger charge is 2.40. The second-order valence-corrected chi connectivity index (χ2v) is 28.9. The number of hydrogen-bond acceptors (Lipinski definition) is 18. The van der Waals surface area contributed by atoms with E-state index in [2.05, 4.69) is 58.2 Å². The molecule has 1 unspecified atom stereocenters. The van der Waals surface area contributed by atoms with E-state index in [0.717, 1.165) is 36.6 Å². The van der Waals surface area contributed by atoms with Crippen LogP contribution >= 0.6 is 0 Å². The number of nitrogens with zero attached hydrogens (tertiary/aromatic N) is 1. The molecule has 4 rings (SSSR count). The molecule has 1 aliphatic heterocycles. The van der Waals surface area contributed by atoms with Crippen LogP contribution in [0.1, 0.15) is 182 Å². The number of primary amides is 2. The zero-order valence-corrected chi connectivity index (χ0v) is 63.5. The number of carboxylic acid groups (broad SMARTS) is 2. The van der Waals surface area contributed by atoms with Gasteiger partial charge in [0, 0.05) is 55.7 Å². The first kappa shape index (κ1) is 91.3. The van der Waals surface area contributed by atoms with Crippen molar-refractivity contribution in [1.29, 1.82) is 0 Å². The van der Waals surface area contributed by atoms with Crippen molar-refractivity contribution in [3.05, 3.63) is 71.9 Å². The fourth-order valence-corrected chi connectivity index (χ4v) is 12.6. The van der Waals surface area contributed by atoms with Crippen molar-refractivity contribution < 1.29 is 97.5 Å². The summed E-state index contributed by atoms with van der Waals surface area (Å²) in [6, 6.07) is -0.424. The lowest BCUT2D eigenvalue weighted by Crippen LogP contribution is -2.62. The SMILES string of the molecule is CC[C@H](C)[C@H](NC(=O)[C@H](CCC(N)=O)NC(=O)[C@@H]1CCCN1C(=O)CCCCCCCCCCC(=O)N[C@@H](CO)C(=O)N[C@H](C(=O)N[C@@H](CC(C)C)C(=O)N[C@@H](CC(N)=O)C(=O)N[C@@H](Cc1ccccc1)C(=O)O)C(C)O)C(=O)N[C@H](C(=O)N[C@@H](CC(C)C)C(=O)N[C@@H](Cc1c[nH]c2ccccc12)C(=O)O)[C@@H](C)O. The number of nitrogens with one attached hydrogen (secondary N) is 11. The van der Waals surface area contributed by atoms with Gasteiger partial charge in [-0.2, -0.15) is 0 Å². The number of aromatic amines is 1. The molecule has 1 saturated heterocycles. The zero-order chi connectivity index (χ0) is 81.2. The van der Waals surface area contributed by atoms with Crippen molar-refractivity contribution >= 4 is 99.6 Å². The molecular weight excluding hydrogens is 1420 g/mol. The number of H-pyrrole nitrogens is 1. The Kier molecular flexibility index (Phi) is 38.8. The van der Waals surface area contributed by atoms with E-state index in [1.54, 1.807) is 84.1 Å². The molecule has 14 atom stereocenters. The third-order valence-corrected chi connectivity index (χ3v) is 18.8. The van der Waals surface area contributed by atoms with Crippen LogP contribution in [0.2, 0.25) is 0 Å². The number of aromatic nitrogens is 1. The van der Waals surface area contributed by atoms with Crippen LogP contribution in [0.4, 0.5) is 0 Å². The van der Waals surface area contributed by atoms with Crippen LogP contribution in [-0.2, 0) is 84.8 Å². The van der Waals surface area contributed by atoms with Gasteiger partial charge >= 0.3 is 11.9 Å². The average molecular weight is 1530 g/mol. The molecule has 2 heterocycles. The minimum atomic E-state index is -1.73. The van der Waals surface area contributed by atoms with E-state index in [1.165, 1.54) is 18.7 Å². The van der Waals surface area contributed by atoms with Gasteiger partial charge in [0.1, 0.15) is 66.5 Å². The van der Waals surface area contributed by atoms with Crippen LogP contribution in [0.5, 0.6) is 0 Å². The van der Waals surface area contributed by atoms with Crippen LogP contribution < -0.4 is 64.6 Å². The summed E-state index contributed by atoms with van der Waals surface area (Å²) < 4.78 is 0. The van der Waals surface area contributed by atoms with Gasteiger partial charge in [0.25, 0.3) is 0 Å². The van der Waals surface area contributed by atoms with Crippen molar-refractivity contribution in [2.24, 2.45) is 29.2 Å². The molecule has 0 spiro atoms. The molecule has 0 bridgehead atoms. The molecule has 0 saturated carbocycles. The van der Waals surface area contributed by atoms with Crippen LogP contribution in [-0.4, -0.2) is 216 Å². The Bertz CT molecular complexity index is 3570. The number of carboxylic acids is 2. The van der Waals surface area contributed by atoms with E-state index in [4.69, 9.17) is 11.5 Å². The van der Waals surface area contributed by atoms with Crippen LogP contribution in [0.3, 0.4) is 0 Å². The first-order valence-corrected chi connectivity index (χ1v) is 37.5. The monoisotopic (exact) mass is 1530 g/mol. The van der Waals surface area contributed by atoms with Gasteiger partial charge in [0.15, 0.2) is 0 Å². The molecular formula is C75H114N14O20. The highest BCUT2D eigenvalue weighted by Crippen LogP contribution is 2.23. The molecule has 34 heteroatoms. The highest BCUT2D eigenvalue weighted by molar-refractivity contribution is 6.00. The van der Waals surface area contributed by atoms with Gasteiger partial charge in [-0.1, -0.05) is 135 Å². The van der Waals surface area contributed by atoms with Gasteiger partial charge < -0.3 is 100 Å². The summed E-state index contributed by atoms with van der Waals surface area (Å²) in [4.78, 5) is 204. The maximum Gasteiger partial charge on any atom is 0.326 e. The standard InChI is InChI=1S/C75H114N14O20/c1-9-43(6)62(71(103)88-64(45(8)92)73(105)83-52(35-42(4)5)67(99)85-55(75(108)109)37-47-39-78-49-27-22-21-26-48(47)49)86-65(97)50(31-32-58(76)93)80-70(102)57-28-23-33-89(57)61(96)30-20-15-13-11-10-12-14-19-29-60(95)79-56(40-90)69(101)87-63(44(7)91)72(104)82-51(34-41(2)3)66(98)81-53(38-59(77)94)68(100)84-54(74(106)107)36-46-24-17-16-18-25-46/h16-18,21-22,24-27,39,41-45,50-57,62-64,78,90-92H,9-15,19-20,23,28-38,40H2,1-8H3,(H2,76,93)(H2,77,94)(H,79,95)(H,80,102)(H,81,98)(H,82,104)(H,83,105)(H,84,100)(H,85,99)(H,86,97)(H,87,101)(H,88,103)(H,106,107)(H,108,109)/t43-,44?,45+,50-,51-,52-,53-,54-,55-,56-,57-,62-,63-,64-/m0/s1. The normalized spacial score (nSPS) is 16.3. The molecule has 1 fully saturated rings. The fourth-order valence-electron chi connectivity index (χ4n) is 12.6. The van der Waals surface area contributed by atoms with E-state index < -0.39 is 180 Å². The number of hydrogen-bond donors (Lipinski definition) is 18. The summed E-state index contributed by atoms with van der Waals surface area (Å²) in [5, 5.41) is 77.2. The number of unbranched alkanes of at least 4 members (excludes halogenated alkanes) is 7. The second-order valence-electron chi connectivity index (χ2n) is 28.9. The number of likely N-dealkylation sites (tertiary alicyclic amines) is 1. The van der Waals surface area contributed by atoms with Gasteiger partial charge in [0.05, 0.1) is 25.2 Å². The molecule has 13 amide bonds. The molecule has 2 aromatic carbocycles. The minimum absolute atomic E-state index is 0.0255. The Morgan fingerprint density at radius 1 is 0.495 bits per heavy atom. The number of amides is 13. The lowest BCUT2D eigenvalue weighted by molar-refractivity contribution is -0.143. The number of aliphatic carboxylic acids is 2. The van der Waals surface area contributed by atoms with Crippen molar-refractivity contribution in [2.75, 3.05) is 13.2 Å². The van der Waals surface area contributed by atoms with E-state index in [9.17, 15) is 97.5 Å². The molecule has 0 aliphatic carbocycles. The Labute approximate surface area is 634 Å². The zero-order valence-electron chi connectivity index (χ0n) is 63.5. The summed E-state index contributed by atoms with van der Waals surface area (Å²) in [6.07, 6.45) is 3.39. The van der Waals surface area contributed by atoms with Gasteiger partial charge in [-0.25, -0.2) is 9.59 Å². The number of carbonyl (C=O) groups is 15. The summed E-state index contributed by atoms with van der Waals surface area (Å²) in [6.45, 7) is 12.1. The number of rotatable bonds is 50. The van der Waals surface area contributed by atoms with E-state index in [0.29, 0.717) is 49.7 Å². The number of carbonyl (C=O) groups excluding carboxylic acids is 13. The van der Waals surface area contributed by atoms with Gasteiger partial charge in [-0.3, -0.25) is 62.3 Å². The number of aliphatic hydroxyl groups is 3. The van der Waals surface area contributed by atoms with Crippen LogP contribution in [0.25, 0.3) is 10.9 Å². The number of fused-ring (bicyclic) bond motifs is 1. The van der Waals surface area contributed by atoms with E-state index in [1.807, 2.05) is 18.2 Å². The summed E-state index contributed by atoms with van der Waals surface area (Å²) >= 11 is 0. The Hall–Kier alpha value is -10.1. The maximum absolute atomic E-state index is 14.2. The number of aliphatic hydroxyl groups excluding tert-OH is 3. The smallest absolute Gasteiger partial charge is 0.326 e. The summed E-state index contributed by atoms with van der Waals surface area (Å²) in [7, 11) is 0. The highest BCUT2D eigenvalue weighted by atomic mass is 16.4. The third kappa shape index (κ3) is 31.2. The number of para-hydroxylation sites is 1. The number of benzene rings is 2. The fraction of sp³-hybridized carbons (Fsp3) is 0.613. The molecule has 34 nitrogen and oxygen atoms in total. The first-order valence-electron chi connectivity index (χ1n) is 37.5. The van der Waals surface area contributed by atoms with Gasteiger partial charge in [-0.15, -0.1) is 0 Å². The third-order valence-electron chi connectivity index (χ3n) is 18.8. The van der Waals surface area contributed by atoms with E-state index >= 15 is 0 Å². The van der Waals surface area contributed by atoms with Gasteiger partial charge in [-0.05, 0) is 93.7 Å². The largest absolute Gasteiger partial charge is 0.480 e. The van der Waals surface area contributed by atoms with Crippen molar-refractivity contribution in [3.63, 3.8) is 0 Å². The van der Waals surface area contributed by atoms with Crippen LogP contribution in [0.15, 0.2) is 60.8 Å². The molecule has 604 valence electrons.